The molecule has 19 heavy (non-hydrogen) atoms. The molecule has 2 heterocycles. The Kier molecular flexibility index (Phi) is 4.85. The van der Waals surface area contributed by atoms with E-state index in [1.807, 2.05) is 23.1 Å². The molecule has 3 rings (SSSR count). The highest BCUT2D eigenvalue weighted by molar-refractivity contribution is 8.01. The number of rotatable bonds is 7. The molecule has 0 aromatic carbocycles. The highest BCUT2D eigenvalue weighted by Gasteiger charge is 2.25. The maximum Gasteiger partial charge on any atom is 0.0649 e. The monoisotopic (exact) mass is 297 g/mol. The molecule has 106 valence electrons. The van der Waals surface area contributed by atoms with Crippen LogP contribution in [0.15, 0.2) is 15.7 Å². The molecule has 0 spiro atoms. The average molecular weight is 297 g/mol. The van der Waals surface area contributed by atoms with Gasteiger partial charge in [0.25, 0.3) is 0 Å². The van der Waals surface area contributed by atoms with Gasteiger partial charge in [-0.2, -0.15) is 0 Å². The third kappa shape index (κ3) is 3.97. The van der Waals surface area contributed by atoms with Gasteiger partial charge >= 0.3 is 0 Å². The predicted octanol–water partition coefficient (Wildman–Crippen LogP) is 4.08. The van der Waals surface area contributed by atoms with Crippen molar-refractivity contribution in [1.29, 1.82) is 0 Å². The van der Waals surface area contributed by atoms with Gasteiger partial charge in [0.1, 0.15) is 0 Å². The summed E-state index contributed by atoms with van der Waals surface area (Å²) < 4.78 is 7.20. The lowest BCUT2D eigenvalue weighted by molar-refractivity contribution is 0.121. The van der Waals surface area contributed by atoms with E-state index in [1.54, 1.807) is 0 Å². The summed E-state index contributed by atoms with van der Waals surface area (Å²) in [4.78, 5) is 0. The molecule has 0 amide bonds. The number of nitrogens with one attached hydrogen (secondary N) is 1. The highest BCUT2D eigenvalue weighted by Crippen LogP contribution is 2.43. The molecule has 2 atom stereocenters. The van der Waals surface area contributed by atoms with E-state index in [1.165, 1.54) is 29.0 Å². The van der Waals surface area contributed by atoms with Gasteiger partial charge in [0, 0.05) is 24.5 Å². The summed E-state index contributed by atoms with van der Waals surface area (Å²) in [5.74, 6) is 0.887. The molecule has 1 unspecified atom stereocenters. The number of thioether (sulfide) groups is 1. The molecule has 1 N–H and O–H groups in total. The van der Waals surface area contributed by atoms with Gasteiger partial charge < -0.3 is 10.1 Å². The summed E-state index contributed by atoms with van der Waals surface area (Å²) in [5.41, 5.74) is 1.52. The first-order chi connectivity index (χ1) is 9.33. The molecule has 1 aromatic heterocycles. The van der Waals surface area contributed by atoms with E-state index in [0.29, 0.717) is 6.04 Å². The van der Waals surface area contributed by atoms with E-state index in [4.69, 9.17) is 4.74 Å². The van der Waals surface area contributed by atoms with E-state index in [-0.39, 0.29) is 0 Å². The van der Waals surface area contributed by atoms with Crippen LogP contribution in [0.3, 0.4) is 0 Å². The van der Waals surface area contributed by atoms with Crippen molar-refractivity contribution in [1.82, 2.24) is 5.32 Å². The molecule has 1 saturated carbocycles. The summed E-state index contributed by atoms with van der Waals surface area (Å²) in [6.45, 7) is 5.31. The number of thiophene rings is 1. The first-order valence-electron chi connectivity index (χ1n) is 7.38. The lowest BCUT2D eigenvalue weighted by atomic mass is 10.0. The second-order valence-electron chi connectivity index (χ2n) is 5.71. The third-order valence-electron chi connectivity index (χ3n) is 3.82. The normalized spacial score (nSPS) is 26.4. The molecule has 2 nitrogen and oxygen atoms in total. The fourth-order valence-corrected chi connectivity index (χ4v) is 5.09. The van der Waals surface area contributed by atoms with Gasteiger partial charge in [-0.25, -0.2) is 0 Å². The van der Waals surface area contributed by atoms with E-state index < -0.39 is 0 Å². The molecule has 0 saturated heterocycles. The van der Waals surface area contributed by atoms with Gasteiger partial charge in [0.2, 0.25) is 0 Å². The highest BCUT2D eigenvalue weighted by atomic mass is 32.2. The van der Waals surface area contributed by atoms with Crippen LogP contribution >= 0.6 is 23.1 Å². The molecular formula is C15H23NOS2. The van der Waals surface area contributed by atoms with Crippen LogP contribution in [0.1, 0.15) is 44.2 Å². The zero-order valence-electron chi connectivity index (χ0n) is 11.6. The Morgan fingerprint density at radius 2 is 2.32 bits per heavy atom. The molecule has 4 heteroatoms. The zero-order valence-corrected chi connectivity index (χ0v) is 13.2. The summed E-state index contributed by atoms with van der Waals surface area (Å²) in [7, 11) is 0. The minimum Gasteiger partial charge on any atom is -0.381 e. The van der Waals surface area contributed by atoms with Crippen LogP contribution in [0.4, 0.5) is 0 Å². The van der Waals surface area contributed by atoms with Crippen LogP contribution in [0, 0.1) is 5.92 Å². The van der Waals surface area contributed by atoms with Crippen LogP contribution in [0.25, 0.3) is 0 Å². The van der Waals surface area contributed by atoms with Gasteiger partial charge in [-0.05, 0) is 55.2 Å². The van der Waals surface area contributed by atoms with Crippen molar-refractivity contribution < 1.29 is 4.74 Å². The van der Waals surface area contributed by atoms with E-state index in [9.17, 15) is 0 Å². The third-order valence-corrected chi connectivity index (χ3v) is 6.16. The summed E-state index contributed by atoms with van der Waals surface area (Å²) in [6.07, 6.45) is 5.15. The minimum absolute atomic E-state index is 0.556. The van der Waals surface area contributed by atoms with Crippen LogP contribution < -0.4 is 5.32 Å². The average Bonchev–Trinajstić information content (AvgIpc) is 3.09. The number of fused-ring (bicyclic) bond motifs is 1. The van der Waals surface area contributed by atoms with Crippen molar-refractivity contribution >= 4 is 23.1 Å². The Morgan fingerprint density at radius 1 is 1.42 bits per heavy atom. The van der Waals surface area contributed by atoms with Gasteiger partial charge in [0.15, 0.2) is 0 Å². The zero-order chi connectivity index (χ0) is 13.1. The topological polar surface area (TPSA) is 21.3 Å². The van der Waals surface area contributed by atoms with Crippen molar-refractivity contribution in [3.8, 4) is 0 Å². The van der Waals surface area contributed by atoms with Gasteiger partial charge in [-0.3, -0.25) is 0 Å². The van der Waals surface area contributed by atoms with Crippen molar-refractivity contribution in [3.63, 3.8) is 0 Å². The van der Waals surface area contributed by atoms with Crippen LogP contribution in [0.5, 0.6) is 0 Å². The summed E-state index contributed by atoms with van der Waals surface area (Å²) in [5, 5.41) is 6.67. The van der Waals surface area contributed by atoms with Crippen molar-refractivity contribution in [3.05, 3.63) is 17.0 Å². The lowest BCUT2D eigenvalue weighted by Crippen LogP contribution is -2.27. The minimum atomic E-state index is 0.556. The standard InChI is InChI=1S/C15H23NOS2/c1-11-9-14(13-5-8-18-15(13)19-11)16-6-2-7-17-10-12-3-4-12/h5,8,11-12,14,16H,2-4,6-7,9-10H2,1H3/t11-,14?/m0/s1. The second kappa shape index (κ2) is 6.61. The first kappa shape index (κ1) is 13.9. The smallest absolute Gasteiger partial charge is 0.0649 e. The molecular weight excluding hydrogens is 274 g/mol. The summed E-state index contributed by atoms with van der Waals surface area (Å²) >= 11 is 3.92. The molecule has 0 radical (unpaired) electrons. The van der Waals surface area contributed by atoms with Gasteiger partial charge in [0.05, 0.1) is 4.21 Å². The Labute approximate surface area is 124 Å². The van der Waals surface area contributed by atoms with E-state index >= 15 is 0 Å². The van der Waals surface area contributed by atoms with Crippen molar-refractivity contribution in [2.45, 2.75) is 48.1 Å². The molecule has 1 aliphatic heterocycles. The molecule has 1 aliphatic carbocycles. The van der Waals surface area contributed by atoms with Crippen LogP contribution in [-0.4, -0.2) is 25.0 Å². The van der Waals surface area contributed by atoms with Crippen molar-refractivity contribution in [2.75, 3.05) is 19.8 Å². The second-order valence-corrected chi connectivity index (χ2v) is 8.33. The van der Waals surface area contributed by atoms with Crippen LogP contribution in [-0.2, 0) is 4.74 Å². The number of hydrogen-bond acceptors (Lipinski definition) is 4. The van der Waals surface area contributed by atoms with Crippen molar-refractivity contribution in [2.24, 2.45) is 5.92 Å². The van der Waals surface area contributed by atoms with Crippen LogP contribution in [0.2, 0.25) is 0 Å². The maximum absolute atomic E-state index is 5.68. The van der Waals surface area contributed by atoms with Gasteiger partial charge in [-0.1, -0.05) is 6.92 Å². The molecule has 1 fully saturated rings. The Bertz CT molecular complexity index is 403. The van der Waals surface area contributed by atoms with E-state index in [0.717, 1.165) is 37.3 Å². The Morgan fingerprint density at radius 3 is 3.16 bits per heavy atom. The molecule has 2 aliphatic rings. The fraction of sp³-hybridized carbons (Fsp3) is 0.733. The number of ether oxygens (including phenoxy) is 1. The summed E-state index contributed by atoms with van der Waals surface area (Å²) in [6, 6.07) is 2.85. The van der Waals surface area contributed by atoms with Gasteiger partial charge in [-0.15, -0.1) is 23.1 Å². The fourth-order valence-electron chi connectivity index (χ4n) is 2.53. The van der Waals surface area contributed by atoms with E-state index in [2.05, 4.69) is 23.7 Å². The maximum atomic E-state index is 5.68. The Balaban J connectivity index is 1.37. The number of hydrogen-bond donors (Lipinski definition) is 1. The lowest BCUT2D eigenvalue weighted by Gasteiger charge is -2.27. The predicted molar refractivity (Wildman–Crippen MR) is 83.2 cm³/mol. The molecule has 1 aromatic rings. The SMILES string of the molecule is C[C@H]1CC(NCCCOCC2CC2)c2ccsc2S1. The molecule has 0 bridgehead atoms. The quantitative estimate of drug-likeness (QED) is 0.766. The first-order valence-corrected chi connectivity index (χ1v) is 9.14. The largest absolute Gasteiger partial charge is 0.381 e. The Hall–Kier alpha value is -0.0300.